The molecule has 1 aliphatic carbocycles. The summed E-state index contributed by atoms with van der Waals surface area (Å²) in [6.07, 6.45) is 1.20. The molecule has 1 aliphatic rings. The van der Waals surface area contributed by atoms with Crippen LogP contribution in [0.3, 0.4) is 0 Å². The first-order valence-electron chi connectivity index (χ1n) is 9.43. The molecule has 1 fully saturated rings. The summed E-state index contributed by atoms with van der Waals surface area (Å²) in [6, 6.07) is 19.5. The van der Waals surface area contributed by atoms with Crippen LogP contribution < -0.4 is 11.1 Å². The van der Waals surface area contributed by atoms with E-state index in [2.05, 4.69) is 10.3 Å². The maximum atomic E-state index is 11.3. The fourth-order valence-corrected chi connectivity index (χ4v) is 4.31. The van der Waals surface area contributed by atoms with Gasteiger partial charge in [-0.3, -0.25) is 4.98 Å². The normalized spacial score (nSPS) is 23.2. The number of nitrogens with two attached hydrogens (primary N) is 1. The third-order valence-electron chi connectivity index (χ3n) is 5.42. The Hall–Kier alpha value is -3.38. The molecule has 0 atom stereocenters. The summed E-state index contributed by atoms with van der Waals surface area (Å²) in [6.45, 7) is 1.72. The van der Waals surface area contributed by atoms with E-state index in [1.54, 1.807) is 13.1 Å². The number of aromatic nitrogens is 1. The Morgan fingerprint density at radius 1 is 1.07 bits per heavy atom. The highest BCUT2D eigenvalue weighted by Crippen LogP contribution is 2.48. The number of anilines is 1. The zero-order valence-electron chi connectivity index (χ0n) is 16.1. The number of rotatable bonds is 4. The summed E-state index contributed by atoms with van der Waals surface area (Å²) in [5, 5.41) is 22.0. The van der Waals surface area contributed by atoms with Crippen LogP contribution in [0.4, 0.5) is 10.5 Å². The van der Waals surface area contributed by atoms with Gasteiger partial charge in [-0.05, 0) is 24.1 Å². The summed E-state index contributed by atoms with van der Waals surface area (Å²) in [4.78, 5) is 15.8. The van der Waals surface area contributed by atoms with Crippen molar-refractivity contribution in [1.29, 1.82) is 0 Å². The first kappa shape index (κ1) is 19.0. The topological polar surface area (TPSA) is 108 Å². The lowest BCUT2D eigenvalue weighted by Crippen LogP contribution is -2.61. The SMILES string of the molecule is C[C@]1(O)C[C@](NC(=O)O)(c2ccc(-c3ncc(N)cc3-c3ccccc3)cc2)C1. The first-order valence-corrected chi connectivity index (χ1v) is 9.43. The Labute approximate surface area is 169 Å². The van der Waals surface area contributed by atoms with Crippen LogP contribution in [0.5, 0.6) is 0 Å². The van der Waals surface area contributed by atoms with Crippen molar-refractivity contribution >= 4 is 11.8 Å². The molecule has 1 saturated carbocycles. The minimum Gasteiger partial charge on any atom is -0.465 e. The number of benzene rings is 2. The van der Waals surface area contributed by atoms with Gasteiger partial charge in [-0.1, -0.05) is 54.6 Å². The monoisotopic (exact) mass is 389 g/mol. The molecule has 3 aromatic rings. The fraction of sp³-hybridized carbons (Fsp3) is 0.217. The van der Waals surface area contributed by atoms with E-state index in [-0.39, 0.29) is 0 Å². The third-order valence-corrected chi connectivity index (χ3v) is 5.42. The molecule has 1 amide bonds. The first-order chi connectivity index (χ1) is 13.8. The Balaban J connectivity index is 1.71. The Morgan fingerprint density at radius 3 is 2.31 bits per heavy atom. The van der Waals surface area contributed by atoms with Gasteiger partial charge in [-0.15, -0.1) is 0 Å². The van der Waals surface area contributed by atoms with Crippen molar-refractivity contribution in [3.05, 3.63) is 72.4 Å². The number of carboxylic acid groups (broad SMARTS) is 1. The van der Waals surface area contributed by atoms with Crippen LogP contribution in [-0.4, -0.2) is 26.9 Å². The van der Waals surface area contributed by atoms with Crippen LogP contribution >= 0.6 is 0 Å². The molecular formula is C23H23N3O3. The van der Waals surface area contributed by atoms with Gasteiger partial charge in [0, 0.05) is 24.0 Å². The van der Waals surface area contributed by atoms with Gasteiger partial charge in [0.25, 0.3) is 0 Å². The Morgan fingerprint density at radius 2 is 1.72 bits per heavy atom. The van der Waals surface area contributed by atoms with Crippen molar-refractivity contribution in [3.63, 3.8) is 0 Å². The average molecular weight is 389 g/mol. The average Bonchev–Trinajstić information content (AvgIpc) is 2.67. The summed E-state index contributed by atoms with van der Waals surface area (Å²) < 4.78 is 0. The van der Waals surface area contributed by atoms with Crippen LogP contribution in [0.25, 0.3) is 22.4 Å². The van der Waals surface area contributed by atoms with Crippen LogP contribution in [0.1, 0.15) is 25.3 Å². The molecular weight excluding hydrogens is 366 g/mol. The largest absolute Gasteiger partial charge is 0.465 e. The predicted octanol–water partition coefficient (Wildman–Crippen LogP) is 4.01. The standard InChI is InChI=1S/C23H23N3O3/c1-22(29)13-23(14-22,26-21(27)28)17-9-7-16(8-10-17)20-19(11-18(24)12-25-20)15-5-3-2-4-6-15/h2-12,26,29H,13-14,24H2,1H3,(H,27,28)/t22-,23+. The molecule has 0 spiro atoms. The van der Waals surface area contributed by atoms with Crippen molar-refractivity contribution in [3.8, 4) is 22.4 Å². The maximum Gasteiger partial charge on any atom is 0.405 e. The third kappa shape index (κ3) is 3.67. The van der Waals surface area contributed by atoms with E-state index < -0.39 is 17.2 Å². The number of hydrogen-bond acceptors (Lipinski definition) is 4. The zero-order valence-corrected chi connectivity index (χ0v) is 16.1. The number of hydrogen-bond donors (Lipinski definition) is 4. The fourth-order valence-electron chi connectivity index (χ4n) is 4.31. The Bertz CT molecular complexity index is 1040. The molecule has 6 nitrogen and oxygen atoms in total. The van der Waals surface area contributed by atoms with Crippen LogP contribution in [0.15, 0.2) is 66.9 Å². The lowest BCUT2D eigenvalue weighted by Gasteiger charge is -2.51. The quantitative estimate of drug-likeness (QED) is 0.539. The molecule has 4 rings (SSSR count). The van der Waals surface area contributed by atoms with E-state index in [1.165, 1.54) is 0 Å². The van der Waals surface area contributed by atoms with Gasteiger partial charge in [0.2, 0.25) is 0 Å². The van der Waals surface area contributed by atoms with Gasteiger partial charge < -0.3 is 21.3 Å². The number of aliphatic hydroxyl groups is 1. The summed E-state index contributed by atoms with van der Waals surface area (Å²) in [5.74, 6) is 0. The molecule has 0 unspecified atom stereocenters. The van der Waals surface area contributed by atoms with Crippen LogP contribution in [-0.2, 0) is 5.54 Å². The van der Waals surface area contributed by atoms with Gasteiger partial charge in [-0.2, -0.15) is 0 Å². The lowest BCUT2D eigenvalue weighted by molar-refractivity contribution is -0.0858. The zero-order chi connectivity index (χ0) is 20.6. The molecule has 6 heteroatoms. The minimum atomic E-state index is -1.10. The number of nitrogens with zero attached hydrogens (tertiary/aromatic N) is 1. The number of nitrogens with one attached hydrogen (secondary N) is 1. The second-order valence-corrected chi connectivity index (χ2v) is 7.97. The van der Waals surface area contributed by atoms with Gasteiger partial charge in [0.1, 0.15) is 0 Å². The highest BCUT2D eigenvalue weighted by molar-refractivity contribution is 5.82. The van der Waals surface area contributed by atoms with E-state index in [0.29, 0.717) is 18.5 Å². The number of carbonyl (C=O) groups is 1. The van der Waals surface area contributed by atoms with Crippen molar-refractivity contribution in [2.24, 2.45) is 0 Å². The van der Waals surface area contributed by atoms with Gasteiger partial charge in [-0.25, -0.2) is 4.79 Å². The highest BCUT2D eigenvalue weighted by atomic mass is 16.4. The molecule has 29 heavy (non-hydrogen) atoms. The second-order valence-electron chi connectivity index (χ2n) is 7.97. The number of pyridine rings is 1. The van der Waals surface area contributed by atoms with E-state index in [1.807, 2.05) is 60.7 Å². The summed E-state index contributed by atoms with van der Waals surface area (Å²) in [7, 11) is 0. The van der Waals surface area contributed by atoms with E-state index in [9.17, 15) is 15.0 Å². The van der Waals surface area contributed by atoms with Crippen molar-refractivity contribution in [1.82, 2.24) is 10.3 Å². The van der Waals surface area contributed by atoms with Crippen molar-refractivity contribution in [2.75, 3.05) is 5.73 Å². The second kappa shape index (κ2) is 6.90. The van der Waals surface area contributed by atoms with Crippen LogP contribution in [0, 0.1) is 0 Å². The number of nitrogen functional groups attached to an aromatic ring is 1. The predicted molar refractivity (Wildman–Crippen MR) is 112 cm³/mol. The molecule has 5 N–H and O–H groups in total. The molecule has 2 aromatic carbocycles. The van der Waals surface area contributed by atoms with E-state index >= 15 is 0 Å². The van der Waals surface area contributed by atoms with Crippen molar-refractivity contribution < 1.29 is 15.0 Å². The summed E-state index contributed by atoms with van der Waals surface area (Å²) >= 11 is 0. The molecule has 1 heterocycles. The minimum absolute atomic E-state index is 0.334. The van der Waals surface area contributed by atoms with Crippen LogP contribution in [0.2, 0.25) is 0 Å². The Kier molecular flexibility index (Phi) is 4.51. The van der Waals surface area contributed by atoms with E-state index in [0.717, 1.165) is 27.9 Å². The number of amides is 1. The summed E-state index contributed by atoms with van der Waals surface area (Å²) in [5.41, 5.74) is 9.40. The highest BCUT2D eigenvalue weighted by Gasteiger charge is 2.53. The van der Waals surface area contributed by atoms with E-state index in [4.69, 9.17) is 5.73 Å². The lowest BCUT2D eigenvalue weighted by atomic mass is 9.62. The molecule has 148 valence electrons. The van der Waals surface area contributed by atoms with Gasteiger partial charge in [0.05, 0.1) is 28.7 Å². The molecule has 0 bridgehead atoms. The smallest absolute Gasteiger partial charge is 0.405 e. The maximum absolute atomic E-state index is 11.3. The molecule has 0 radical (unpaired) electrons. The molecule has 0 saturated heterocycles. The molecule has 1 aromatic heterocycles. The van der Waals surface area contributed by atoms with Crippen molar-refractivity contribution in [2.45, 2.75) is 30.9 Å². The molecule has 0 aliphatic heterocycles. The van der Waals surface area contributed by atoms with Gasteiger partial charge in [0.15, 0.2) is 0 Å². The van der Waals surface area contributed by atoms with Gasteiger partial charge >= 0.3 is 6.09 Å².